The van der Waals surface area contributed by atoms with Gasteiger partial charge in [-0.2, -0.15) is 0 Å². The number of carbonyl (C=O) groups excluding carboxylic acids is 1. The maximum absolute atomic E-state index is 10.5. The summed E-state index contributed by atoms with van der Waals surface area (Å²) in [5.41, 5.74) is 0. The Morgan fingerprint density at radius 3 is 2.60 bits per heavy atom. The number of Topliss-reactive ketones (excluding diaryl/α,β-unsaturated/α-hetero) is 1. The first-order chi connectivity index (χ1) is 4.70. The molecule has 0 aromatic carbocycles. The van der Waals surface area contributed by atoms with E-state index in [0.717, 1.165) is 0 Å². The van der Waals surface area contributed by atoms with E-state index in [4.69, 9.17) is 9.84 Å². The summed E-state index contributed by atoms with van der Waals surface area (Å²) < 4.78 is 4.92. The minimum atomic E-state index is -0.109. The van der Waals surface area contributed by atoms with E-state index in [1.807, 2.05) is 0 Å². The summed E-state index contributed by atoms with van der Waals surface area (Å²) >= 11 is 0. The molecule has 0 amide bonds. The van der Waals surface area contributed by atoms with Gasteiger partial charge < -0.3 is 9.84 Å². The van der Waals surface area contributed by atoms with Crippen LogP contribution in [0, 0.1) is 0 Å². The predicted octanol–water partition coefficient (Wildman–Crippen LogP) is 0.363. The van der Waals surface area contributed by atoms with E-state index in [-0.39, 0.29) is 18.5 Å². The molecular formula is C7H14O3. The van der Waals surface area contributed by atoms with Gasteiger partial charge in [0.2, 0.25) is 0 Å². The van der Waals surface area contributed by atoms with Crippen LogP contribution in [0.25, 0.3) is 0 Å². The van der Waals surface area contributed by atoms with Crippen molar-refractivity contribution in [1.29, 1.82) is 0 Å². The molecule has 0 radical (unpaired) electrons. The summed E-state index contributed by atoms with van der Waals surface area (Å²) in [4.78, 5) is 10.5. The maximum Gasteiger partial charge on any atom is 0.132 e. The first-order valence-corrected chi connectivity index (χ1v) is 3.33. The Kier molecular flexibility index (Phi) is 5.16. The highest BCUT2D eigenvalue weighted by molar-refractivity contribution is 5.75. The van der Waals surface area contributed by atoms with E-state index < -0.39 is 0 Å². The Hall–Kier alpha value is -0.410. The van der Waals surface area contributed by atoms with Gasteiger partial charge in [-0.1, -0.05) is 0 Å². The second-order valence-corrected chi connectivity index (χ2v) is 2.28. The Morgan fingerprint density at radius 2 is 2.30 bits per heavy atom. The van der Waals surface area contributed by atoms with Crippen LogP contribution in [-0.4, -0.2) is 30.7 Å². The van der Waals surface area contributed by atoms with Gasteiger partial charge in [-0.05, 0) is 13.3 Å². The number of ether oxygens (including phenoxy) is 1. The molecule has 0 aliphatic heterocycles. The van der Waals surface area contributed by atoms with Crippen molar-refractivity contribution in [2.75, 3.05) is 13.7 Å². The SMILES string of the molecule is COC(CCO)CC(C)=O. The molecule has 1 N–H and O–H groups in total. The van der Waals surface area contributed by atoms with Crippen LogP contribution in [0.5, 0.6) is 0 Å². The molecule has 0 rings (SSSR count). The molecule has 0 bridgehead atoms. The monoisotopic (exact) mass is 146 g/mol. The van der Waals surface area contributed by atoms with Crippen molar-refractivity contribution in [2.45, 2.75) is 25.9 Å². The Labute approximate surface area is 61.0 Å². The zero-order valence-electron chi connectivity index (χ0n) is 6.46. The first-order valence-electron chi connectivity index (χ1n) is 3.33. The summed E-state index contributed by atoms with van der Waals surface area (Å²) in [6, 6.07) is 0. The van der Waals surface area contributed by atoms with E-state index in [1.165, 1.54) is 6.92 Å². The lowest BCUT2D eigenvalue weighted by atomic mass is 10.1. The fourth-order valence-electron chi connectivity index (χ4n) is 0.768. The average molecular weight is 146 g/mol. The number of carbonyl (C=O) groups is 1. The van der Waals surface area contributed by atoms with Gasteiger partial charge in [0.25, 0.3) is 0 Å². The molecule has 0 saturated carbocycles. The fourth-order valence-corrected chi connectivity index (χ4v) is 0.768. The first kappa shape index (κ1) is 9.59. The zero-order chi connectivity index (χ0) is 7.98. The largest absolute Gasteiger partial charge is 0.396 e. The van der Waals surface area contributed by atoms with Crippen molar-refractivity contribution in [3.8, 4) is 0 Å². The van der Waals surface area contributed by atoms with Crippen LogP contribution in [0.15, 0.2) is 0 Å². The predicted molar refractivity (Wildman–Crippen MR) is 37.8 cm³/mol. The molecule has 60 valence electrons. The van der Waals surface area contributed by atoms with Crippen molar-refractivity contribution >= 4 is 5.78 Å². The third-order valence-electron chi connectivity index (χ3n) is 1.30. The van der Waals surface area contributed by atoms with E-state index in [9.17, 15) is 4.79 Å². The molecule has 0 aromatic rings. The standard InChI is InChI=1S/C7H14O3/c1-6(9)5-7(10-2)3-4-8/h7-8H,3-5H2,1-2H3. The van der Waals surface area contributed by atoms with Crippen LogP contribution < -0.4 is 0 Å². The van der Waals surface area contributed by atoms with Crippen LogP contribution >= 0.6 is 0 Å². The minimum absolute atomic E-state index is 0.0752. The number of methoxy groups -OCH3 is 1. The molecule has 0 aromatic heterocycles. The number of ketones is 1. The molecule has 0 fully saturated rings. The van der Waals surface area contributed by atoms with Gasteiger partial charge in [0.1, 0.15) is 5.78 Å². The van der Waals surface area contributed by atoms with Gasteiger partial charge in [0.05, 0.1) is 6.10 Å². The second-order valence-electron chi connectivity index (χ2n) is 2.28. The van der Waals surface area contributed by atoms with E-state index in [2.05, 4.69) is 0 Å². The summed E-state index contributed by atoms with van der Waals surface area (Å²) in [5.74, 6) is 0.0975. The van der Waals surface area contributed by atoms with Crippen molar-refractivity contribution in [1.82, 2.24) is 0 Å². The molecule has 0 aliphatic rings. The summed E-state index contributed by atoms with van der Waals surface area (Å²) in [7, 11) is 1.54. The maximum atomic E-state index is 10.5. The summed E-state index contributed by atoms with van der Waals surface area (Å²) in [6.07, 6.45) is 0.829. The zero-order valence-corrected chi connectivity index (χ0v) is 6.46. The van der Waals surface area contributed by atoms with Gasteiger partial charge >= 0.3 is 0 Å². The fraction of sp³-hybridized carbons (Fsp3) is 0.857. The normalized spacial score (nSPS) is 13.1. The molecule has 1 unspecified atom stereocenters. The molecule has 0 aliphatic carbocycles. The van der Waals surface area contributed by atoms with Crippen LogP contribution in [-0.2, 0) is 9.53 Å². The molecule has 0 spiro atoms. The number of aliphatic hydroxyl groups excluding tert-OH is 1. The lowest BCUT2D eigenvalue weighted by Gasteiger charge is -2.10. The number of hydrogen-bond donors (Lipinski definition) is 1. The molecule has 10 heavy (non-hydrogen) atoms. The van der Waals surface area contributed by atoms with Crippen molar-refractivity contribution in [2.24, 2.45) is 0 Å². The van der Waals surface area contributed by atoms with Gasteiger partial charge in [0, 0.05) is 20.1 Å². The third kappa shape index (κ3) is 4.47. The second kappa shape index (κ2) is 5.38. The third-order valence-corrected chi connectivity index (χ3v) is 1.30. The Bertz CT molecular complexity index is 101. The summed E-state index contributed by atoms with van der Waals surface area (Å²) in [6.45, 7) is 1.59. The van der Waals surface area contributed by atoms with Crippen LogP contribution in [0.2, 0.25) is 0 Å². The lowest BCUT2D eigenvalue weighted by molar-refractivity contribution is -0.119. The molecule has 3 nitrogen and oxygen atoms in total. The quantitative estimate of drug-likeness (QED) is 0.609. The van der Waals surface area contributed by atoms with Crippen LogP contribution in [0.3, 0.4) is 0 Å². The summed E-state index contributed by atoms with van der Waals surface area (Å²) in [5, 5.41) is 8.49. The van der Waals surface area contributed by atoms with Gasteiger partial charge in [-0.15, -0.1) is 0 Å². The Morgan fingerprint density at radius 1 is 1.70 bits per heavy atom. The highest BCUT2D eigenvalue weighted by atomic mass is 16.5. The smallest absolute Gasteiger partial charge is 0.132 e. The van der Waals surface area contributed by atoms with Crippen molar-refractivity contribution in [3.05, 3.63) is 0 Å². The molecule has 0 heterocycles. The molecule has 3 heteroatoms. The van der Waals surface area contributed by atoms with Gasteiger partial charge in [-0.3, -0.25) is 4.79 Å². The van der Waals surface area contributed by atoms with Crippen LogP contribution in [0.1, 0.15) is 19.8 Å². The van der Waals surface area contributed by atoms with E-state index in [1.54, 1.807) is 7.11 Å². The van der Waals surface area contributed by atoms with Crippen LogP contribution in [0.4, 0.5) is 0 Å². The average Bonchev–Trinajstić information content (AvgIpc) is 1.86. The lowest BCUT2D eigenvalue weighted by Crippen LogP contribution is -2.15. The number of hydrogen-bond acceptors (Lipinski definition) is 3. The molecule has 1 atom stereocenters. The van der Waals surface area contributed by atoms with Gasteiger partial charge in [0.15, 0.2) is 0 Å². The van der Waals surface area contributed by atoms with Gasteiger partial charge in [-0.25, -0.2) is 0 Å². The minimum Gasteiger partial charge on any atom is -0.396 e. The molecule has 0 saturated heterocycles. The highest BCUT2D eigenvalue weighted by Crippen LogP contribution is 2.01. The van der Waals surface area contributed by atoms with Crippen molar-refractivity contribution in [3.63, 3.8) is 0 Å². The Balaban J connectivity index is 3.49. The number of rotatable bonds is 5. The van der Waals surface area contributed by atoms with E-state index >= 15 is 0 Å². The highest BCUT2D eigenvalue weighted by Gasteiger charge is 2.08. The molecular weight excluding hydrogens is 132 g/mol. The van der Waals surface area contributed by atoms with Crippen molar-refractivity contribution < 1.29 is 14.6 Å². The van der Waals surface area contributed by atoms with E-state index in [0.29, 0.717) is 12.8 Å². The number of aliphatic hydroxyl groups is 1. The topological polar surface area (TPSA) is 46.5 Å².